The van der Waals surface area contributed by atoms with Crippen molar-refractivity contribution < 1.29 is 9.53 Å². The quantitative estimate of drug-likeness (QED) is 0.793. The zero-order valence-corrected chi connectivity index (χ0v) is 12.2. The van der Waals surface area contributed by atoms with E-state index in [1.54, 1.807) is 7.11 Å². The van der Waals surface area contributed by atoms with Crippen LogP contribution in [0.3, 0.4) is 0 Å². The Bertz CT molecular complexity index is 290. The molecular weight excluding hydrogens is 242 g/mol. The van der Waals surface area contributed by atoms with E-state index in [1.165, 1.54) is 0 Å². The molecule has 2 atom stereocenters. The molecule has 19 heavy (non-hydrogen) atoms. The van der Waals surface area contributed by atoms with Gasteiger partial charge in [-0.15, -0.1) is 0 Å². The number of likely N-dealkylation sites (tertiary alicyclic amines) is 1. The molecule has 0 spiro atoms. The highest BCUT2D eigenvalue weighted by Gasteiger charge is 2.29. The van der Waals surface area contributed by atoms with Gasteiger partial charge in [0.25, 0.3) is 0 Å². The van der Waals surface area contributed by atoms with Crippen LogP contribution in [0, 0.1) is 5.92 Å². The topological polar surface area (TPSA) is 44.8 Å². The molecule has 2 unspecified atom stereocenters. The van der Waals surface area contributed by atoms with Gasteiger partial charge < -0.3 is 15.0 Å². The number of nitrogens with zero attached hydrogens (tertiary/aromatic N) is 2. The Balaban J connectivity index is 1.82. The molecule has 0 aromatic rings. The fraction of sp³-hybridized carbons (Fsp3) is 0.929. The summed E-state index contributed by atoms with van der Waals surface area (Å²) in [4.78, 5) is 16.6. The van der Waals surface area contributed by atoms with Crippen LogP contribution in [0.4, 0.5) is 0 Å². The maximum absolute atomic E-state index is 12.4. The second kappa shape index (κ2) is 7.22. The summed E-state index contributed by atoms with van der Waals surface area (Å²) in [5.74, 6) is 0.812. The van der Waals surface area contributed by atoms with E-state index in [2.05, 4.69) is 17.1 Å². The molecule has 5 nitrogen and oxygen atoms in total. The predicted octanol–water partition coefficient (Wildman–Crippen LogP) is 0.165. The normalized spacial score (nSPS) is 30.1. The lowest BCUT2D eigenvalue weighted by molar-refractivity contribution is -0.137. The molecule has 110 valence electrons. The number of methoxy groups -OCH3 is 1. The Labute approximate surface area is 116 Å². The number of ether oxygens (including phenoxy) is 1. The third-order valence-electron chi connectivity index (χ3n) is 4.34. The van der Waals surface area contributed by atoms with Crippen molar-refractivity contribution in [2.24, 2.45) is 5.92 Å². The maximum Gasteiger partial charge on any atom is 0.236 e. The first-order chi connectivity index (χ1) is 9.20. The lowest BCUT2D eigenvalue weighted by atomic mass is 9.96. The highest BCUT2D eigenvalue weighted by atomic mass is 16.5. The molecule has 0 radical (unpaired) electrons. The van der Waals surface area contributed by atoms with Gasteiger partial charge in [-0.1, -0.05) is 6.92 Å². The van der Waals surface area contributed by atoms with Crippen molar-refractivity contribution in [2.45, 2.75) is 25.9 Å². The summed E-state index contributed by atoms with van der Waals surface area (Å²) in [6.45, 7) is 8.46. The first-order valence-corrected chi connectivity index (χ1v) is 7.44. The first kappa shape index (κ1) is 14.8. The van der Waals surface area contributed by atoms with Crippen LogP contribution in [0.5, 0.6) is 0 Å². The van der Waals surface area contributed by atoms with E-state index in [9.17, 15) is 4.79 Å². The van der Waals surface area contributed by atoms with Crippen LogP contribution in [-0.4, -0.2) is 74.7 Å². The molecule has 5 heteroatoms. The molecular formula is C14H27N3O2. The van der Waals surface area contributed by atoms with Crippen LogP contribution in [0.2, 0.25) is 0 Å². The molecule has 2 fully saturated rings. The van der Waals surface area contributed by atoms with Gasteiger partial charge in [0.1, 0.15) is 0 Å². The molecule has 2 rings (SSSR count). The Kier molecular flexibility index (Phi) is 5.60. The number of carbonyl (C=O) groups is 1. The zero-order chi connectivity index (χ0) is 13.7. The van der Waals surface area contributed by atoms with Gasteiger partial charge in [0.15, 0.2) is 0 Å². The van der Waals surface area contributed by atoms with Crippen molar-refractivity contribution in [3.05, 3.63) is 0 Å². The molecule has 0 aliphatic carbocycles. The first-order valence-electron chi connectivity index (χ1n) is 7.44. The standard InChI is InChI=1S/C14H27N3O2/c1-12-4-8-17(10-13(12)19-2)14(18)11-16-7-3-5-15-6-9-16/h12-13,15H,3-11H2,1-2H3. The van der Waals surface area contributed by atoms with Gasteiger partial charge in [0.2, 0.25) is 5.91 Å². The van der Waals surface area contributed by atoms with Gasteiger partial charge in [-0.2, -0.15) is 0 Å². The third-order valence-corrected chi connectivity index (χ3v) is 4.34. The van der Waals surface area contributed by atoms with E-state index in [1.807, 2.05) is 4.90 Å². The van der Waals surface area contributed by atoms with Crippen molar-refractivity contribution in [1.82, 2.24) is 15.1 Å². The van der Waals surface area contributed by atoms with E-state index < -0.39 is 0 Å². The van der Waals surface area contributed by atoms with Crippen LogP contribution < -0.4 is 5.32 Å². The third kappa shape index (κ3) is 4.16. The number of amides is 1. The van der Waals surface area contributed by atoms with Gasteiger partial charge >= 0.3 is 0 Å². The largest absolute Gasteiger partial charge is 0.379 e. The van der Waals surface area contributed by atoms with Crippen LogP contribution in [0.15, 0.2) is 0 Å². The van der Waals surface area contributed by atoms with E-state index >= 15 is 0 Å². The maximum atomic E-state index is 12.4. The molecule has 0 bridgehead atoms. The number of hydrogen-bond donors (Lipinski definition) is 1. The minimum Gasteiger partial charge on any atom is -0.379 e. The molecule has 1 amide bonds. The summed E-state index contributed by atoms with van der Waals surface area (Å²) in [6, 6.07) is 0. The average molecular weight is 269 g/mol. The van der Waals surface area contributed by atoms with Gasteiger partial charge in [0.05, 0.1) is 12.6 Å². The molecule has 1 N–H and O–H groups in total. The van der Waals surface area contributed by atoms with Crippen molar-refractivity contribution in [3.8, 4) is 0 Å². The minimum atomic E-state index is 0.198. The fourth-order valence-electron chi connectivity index (χ4n) is 2.92. The van der Waals surface area contributed by atoms with Crippen LogP contribution in [0.25, 0.3) is 0 Å². The second-order valence-corrected chi connectivity index (χ2v) is 5.76. The molecule has 0 aromatic heterocycles. The SMILES string of the molecule is COC1CN(C(=O)CN2CCCNCC2)CCC1C. The molecule has 2 saturated heterocycles. The fourth-order valence-corrected chi connectivity index (χ4v) is 2.92. The van der Waals surface area contributed by atoms with Gasteiger partial charge in [-0.05, 0) is 31.8 Å². The number of nitrogens with one attached hydrogen (secondary N) is 1. The second-order valence-electron chi connectivity index (χ2n) is 5.76. The van der Waals surface area contributed by atoms with Gasteiger partial charge in [-0.25, -0.2) is 0 Å². The monoisotopic (exact) mass is 269 g/mol. The van der Waals surface area contributed by atoms with Crippen molar-refractivity contribution in [2.75, 3.05) is 52.9 Å². The number of carbonyl (C=O) groups excluding carboxylic acids is 1. The minimum absolute atomic E-state index is 0.198. The molecule has 2 aliphatic rings. The van der Waals surface area contributed by atoms with Gasteiger partial charge in [0, 0.05) is 33.3 Å². The number of piperidine rings is 1. The molecule has 2 aliphatic heterocycles. The van der Waals surface area contributed by atoms with Gasteiger partial charge in [-0.3, -0.25) is 9.69 Å². The summed E-state index contributed by atoms with van der Waals surface area (Å²) < 4.78 is 5.48. The number of hydrogen-bond acceptors (Lipinski definition) is 4. The van der Waals surface area contributed by atoms with Crippen LogP contribution >= 0.6 is 0 Å². The molecule has 2 heterocycles. The smallest absolute Gasteiger partial charge is 0.236 e. The van der Waals surface area contributed by atoms with Crippen LogP contribution in [-0.2, 0) is 9.53 Å². The van der Waals surface area contributed by atoms with E-state index in [4.69, 9.17) is 4.74 Å². The number of rotatable bonds is 3. The van der Waals surface area contributed by atoms with E-state index in [0.29, 0.717) is 12.5 Å². The van der Waals surface area contributed by atoms with Crippen molar-refractivity contribution in [1.29, 1.82) is 0 Å². The van der Waals surface area contributed by atoms with Crippen LogP contribution in [0.1, 0.15) is 19.8 Å². The van der Waals surface area contributed by atoms with Crippen molar-refractivity contribution in [3.63, 3.8) is 0 Å². The Morgan fingerprint density at radius 3 is 2.95 bits per heavy atom. The Hall–Kier alpha value is -0.650. The summed E-state index contributed by atoms with van der Waals surface area (Å²) in [5.41, 5.74) is 0. The Morgan fingerprint density at radius 2 is 2.16 bits per heavy atom. The lowest BCUT2D eigenvalue weighted by Gasteiger charge is -2.37. The lowest BCUT2D eigenvalue weighted by Crippen LogP contribution is -2.50. The summed E-state index contributed by atoms with van der Waals surface area (Å²) >= 11 is 0. The summed E-state index contributed by atoms with van der Waals surface area (Å²) in [5, 5.41) is 3.37. The summed E-state index contributed by atoms with van der Waals surface area (Å²) in [7, 11) is 1.75. The zero-order valence-electron chi connectivity index (χ0n) is 12.2. The summed E-state index contributed by atoms with van der Waals surface area (Å²) in [6.07, 6.45) is 2.38. The predicted molar refractivity (Wildman–Crippen MR) is 75.1 cm³/mol. The molecule has 0 aromatic carbocycles. The van der Waals surface area contributed by atoms with Crippen molar-refractivity contribution >= 4 is 5.91 Å². The van der Waals surface area contributed by atoms with E-state index in [0.717, 1.165) is 52.1 Å². The average Bonchev–Trinajstić information content (AvgIpc) is 2.68. The highest BCUT2D eigenvalue weighted by Crippen LogP contribution is 2.19. The Morgan fingerprint density at radius 1 is 1.32 bits per heavy atom. The highest BCUT2D eigenvalue weighted by molar-refractivity contribution is 5.78. The van der Waals surface area contributed by atoms with E-state index in [-0.39, 0.29) is 12.0 Å². The molecule has 0 saturated carbocycles.